The lowest BCUT2D eigenvalue weighted by Crippen LogP contribution is -2.40. The highest BCUT2D eigenvalue weighted by molar-refractivity contribution is 5.81. The van der Waals surface area contributed by atoms with Gasteiger partial charge in [0.05, 0.1) is 12.6 Å². The van der Waals surface area contributed by atoms with E-state index >= 15 is 0 Å². The normalized spacial score (nSPS) is 12.2. The van der Waals surface area contributed by atoms with Crippen LogP contribution in [0.1, 0.15) is 25.0 Å². The number of carbonyl (C=O) groups excluding carboxylic acids is 1. The quantitative estimate of drug-likeness (QED) is 0.770. The number of hydrogen-bond donors (Lipinski definition) is 2. The molecule has 0 aromatic heterocycles. The molecule has 0 radical (unpaired) electrons. The first-order chi connectivity index (χ1) is 8.69. The summed E-state index contributed by atoms with van der Waals surface area (Å²) in [5.74, 6) is 0.00344. The first-order valence-electron chi connectivity index (χ1n) is 6.28. The molecule has 1 atom stereocenters. The van der Waals surface area contributed by atoms with Gasteiger partial charge in [0.2, 0.25) is 5.91 Å². The molecule has 0 saturated heterocycles. The largest absolute Gasteiger partial charge is 0.377 e. The molecule has 1 aromatic rings. The van der Waals surface area contributed by atoms with Crippen molar-refractivity contribution in [1.29, 1.82) is 0 Å². The van der Waals surface area contributed by atoms with Crippen LogP contribution < -0.4 is 10.6 Å². The number of carbonyl (C=O) groups is 1. The fraction of sp³-hybridized carbons (Fsp3) is 0.500. The zero-order chi connectivity index (χ0) is 13.4. The molecule has 2 N–H and O–H groups in total. The predicted octanol–water partition coefficient (Wildman–Crippen LogP) is 1.45. The Morgan fingerprint density at radius 3 is 2.61 bits per heavy atom. The van der Waals surface area contributed by atoms with E-state index in [9.17, 15) is 4.79 Å². The van der Waals surface area contributed by atoms with Crippen molar-refractivity contribution in [2.75, 3.05) is 13.7 Å². The maximum absolute atomic E-state index is 11.7. The molecule has 1 unspecified atom stereocenters. The van der Waals surface area contributed by atoms with Crippen LogP contribution in [0, 0.1) is 0 Å². The first-order valence-corrected chi connectivity index (χ1v) is 6.28. The van der Waals surface area contributed by atoms with Crippen molar-refractivity contribution in [3.63, 3.8) is 0 Å². The molecule has 4 nitrogen and oxygen atoms in total. The Hall–Kier alpha value is -1.39. The summed E-state index contributed by atoms with van der Waals surface area (Å²) in [7, 11) is 1.77. The number of likely N-dealkylation sites (N-methyl/N-ethyl adjacent to an activating group) is 1. The van der Waals surface area contributed by atoms with Gasteiger partial charge < -0.3 is 15.4 Å². The summed E-state index contributed by atoms with van der Waals surface area (Å²) in [6.45, 7) is 5.62. The molecule has 1 amide bonds. The second-order valence-electron chi connectivity index (χ2n) is 4.13. The smallest absolute Gasteiger partial charge is 0.237 e. The summed E-state index contributed by atoms with van der Waals surface area (Å²) >= 11 is 0. The first kappa shape index (κ1) is 14.7. The molecule has 0 aliphatic heterocycles. The number of amides is 1. The van der Waals surface area contributed by atoms with E-state index in [1.54, 1.807) is 7.05 Å². The Balaban J connectivity index is 2.58. The maximum atomic E-state index is 11.7. The molecule has 0 bridgehead atoms. The van der Waals surface area contributed by atoms with Gasteiger partial charge in [-0.2, -0.15) is 0 Å². The molecule has 18 heavy (non-hydrogen) atoms. The zero-order valence-electron chi connectivity index (χ0n) is 11.3. The van der Waals surface area contributed by atoms with Crippen LogP contribution >= 0.6 is 0 Å². The monoisotopic (exact) mass is 250 g/mol. The molecule has 0 aliphatic rings. The highest BCUT2D eigenvalue weighted by Crippen LogP contribution is 2.10. The molecule has 0 saturated carbocycles. The molecule has 100 valence electrons. The van der Waals surface area contributed by atoms with Crippen molar-refractivity contribution in [2.45, 2.75) is 33.0 Å². The fourth-order valence-electron chi connectivity index (χ4n) is 1.55. The van der Waals surface area contributed by atoms with Crippen molar-refractivity contribution in [2.24, 2.45) is 0 Å². The standard InChI is InChI=1S/C14H22N2O2/c1-4-18-10-13-8-6-5-7-12(13)9-16-14(17)11(2)15-3/h5-8,11,15H,4,9-10H2,1-3H3,(H,16,17). The van der Waals surface area contributed by atoms with E-state index in [1.165, 1.54) is 0 Å². The number of nitrogens with one attached hydrogen (secondary N) is 2. The third-order valence-electron chi connectivity index (χ3n) is 2.86. The van der Waals surface area contributed by atoms with E-state index in [1.807, 2.05) is 38.1 Å². The molecule has 1 rings (SSSR count). The SMILES string of the molecule is CCOCc1ccccc1CNC(=O)C(C)NC. The summed E-state index contributed by atoms with van der Waals surface area (Å²) in [6.07, 6.45) is 0. The maximum Gasteiger partial charge on any atom is 0.237 e. The van der Waals surface area contributed by atoms with E-state index < -0.39 is 0 Å². The van der Waals surface area contributed by atoms with Crippen molar-refractivity contribution >= 4 is 5.91 Å². The van der Waals surface area contributed by atoms with E-state index in [-0.39, 0.29) is 11.9 Å². The summed E-state index contributed by atoms with van der Waals surface area (Å²) in [5, 5.41) is 5.82. The zero-order valence-corrected chi connectivity index (χ0v) is 11.3. The molecule has 4 heteroatoms. The van der Waals surface area contributed by atoms with Crippen LogP contribution in [-0.4, -0.2) is 25.6 Å². The highest BCUT2D eigenvalue weighted by atomic mass is 16.5. The third-order valence-corrected chi connectivity index (χ3v) is 2.86. The molecular formula is C14H22N2O2. The highest BCUT2D eigenvalue weighted by Gasteiger charge is 2.10. The topological polar surface area (TPSA) is 50.4 Å². The van der Waals surface area contributed by atoms with Crippen LogP contribution in [0.25, 0.3) is 0 Å². The van der Waals surface area contributed by atoms with Gasteiger partial charge >= 0.3 is 0 Å². The third kappa shape index (κ3) is 4.47. The minimum absolute atomic E-state index is 0.00344. The Morgan fingerprint density at radius 1 is 1.33 bits per heavy atom. The van der Waals surface area contributed by atoms with Gasteiger partial charge in [-0.3, -0.25) is 4.79 Å². The lowest BCUT2D eigenvalue weighted by Gasteiger charge is -2.13. The average molecular weight is 250 g/mol. The lowest BCUT2D eigenvalue weighted by molar-refractivity contribution is -0.122. The fourth-order valence-corrected chi connectivity index (χ4v) is 1.55. The molecule has 0 spiro atoms. The van der Waals surface area contributed by atoms with E-state index in [4.69, 9.17) is 4.74 Å². The van der Waals surface area contributed by atoms with Crippen LogP contribution in [0.15, 0.2) is 24.3 Å². The van der Waals surface area contributed by atoms with Crippen LogP contribution in [0.3, 0.4) is 0 Å². The number of ether oxygens (including phenoxy) is 1. The van der Waals surface area contributed by atoms with Gasteiger partial charge in [0.1, 0.15) is 0 Å². The summed E-state index contributed by atoms with van der Waals surface area (Å²) in [6, 6.07) is 7.81. The molecule has 1 aromatic carbocycles. The van der Waals surface area contributed by atoms with Crippen molar-refractivity contribution in [3.8, 4) is 0 Å². The van der Waals surface area contributed by atoms with E-state index in [0.717, 1.165) is 11.1 Å². The van der Waals surface area contributed by atoms with Crippen molar-refractivity contribution in [3.05, 3.63) is 35.4 Å². The number of benzene rings is 1. The van der Waals surface area contributed by atoms with Crippen molar-refractivity contribution < 1.29 is 9.53 Å². The van der Waals surface area contributed by atoms with Gasteiger partial charge in [-0.05, 0) is 32.0 Å². The average Bonchev–Trinajstić information content (AvgIpc) is 2.42. The minimum atomic E-state index is -0.177. The Kier molecular flexibility index (Phi) is 6.39. The Bertz CT molecular complexity index is 380. The van der Waals surface area contributed by atoms with Gasteiger partial charge in [0.15, 0.2) is 0 Å². The minimum Gasteiger partial charge on any atom is -0.377 e. The summed E-state index contributed by atoms with van der Waals surface area (Å²) in [4.78, 5) is 11.7. The van der Waals surface area contributed by atoms with Crippen LogP contribution in [0.2, 0.25) is 0 Å². The van der Waals surface area contributed by atoms with Crippen LogP contribution in [0.5, 0.6) is 0 Å². The van der Waals surface area contributed by atoms with E-state index in [0.29, 0.717) is 19.8 Å². The van der Waals surface area contributed by atoms with Gasteiger partial charge in [-0.25, -0.2) is 0 Å². The lowest BCUT2D eigenvalue weighted by atomic mass is 10.1. The molecular weight excluding hydrogens is 228 g/mol. The second kappa shape index (κ2) is 7.84. The molecule has 0 fully saturated rings. The number of rotatable bonds is 7. The Labute approximate surface area is 109 Å². The Morgan fingerprint density at radius 2 is 2.00 bits per heavy atom. The van der Waals surface area contributed by atoms with Gasteiger partial charge in [0.25, 0.3) is 0 Å². The van der Waals surface area contributed by atoms with Crippen LogP contribution in [0.4, 0.5) is 0 Å². The summed E-state index contributed by atoms with van der Waals surface area (Å²) < 4.78 is 5.41. The van der Waals surface area contributed by atoms with Gasteiger partial charge in [0, 0.05) is 13.2 Å². The predicted molar refractivity (Wildman–Crippen MR) is 72.1 cm³/mol. The second-order valence-corrected chi connectivity index (χ2v) is 4.13. The van der Waals surface area contributed by atoms with E-state index in [2.05, 4.69) is 10.6 Å². The summed E-state index contributed by atoms with van der Waals surface area (Å²) in [5.41, 5.74) is 2.22. The number of hydrogen-bond acceptors (Lipinski definition) is 3. The van der Waals surface area contributed by atoms with Crippen LogP contribution in [-0.2, 0) is 22.7 Å². The van der Waals surface area contributed by atoms with Gasteiger partial charge in [-0.1, -0.05) is 24.3 Å². The van der Waals surface area contributed by atoms with Crippen molar-refractivity contribution in [1.82, 2.24) is 10.6 Å². The van der Waals surface area contributed by atoms with Gasteiger partial charge in [-0.15, -0.1) is 0 Å². The molecule has 0 heterocycles. The molecule has 0 aliphatic carbocycles.